The first-order valence-electron chi connectivity index (χ1n) is 1.63. The van der Waals surface area contributed by atoms with Crippen LogP contribution in [0.3, 0.4) is 0 Å². The molecule has 8 heavy (non-hydrogen) atoms. The summed E-state index contributed by atoms with van der Waals surface area (Å²) < 4.78 is 46.1. The summed E-state index contributed by atoms with van der Waals surface area (Å²) in [6.45, 7) is 0. The summed E-state index contributed by atoms with van der Waals surface area (Å²) in [7, 11) is 0. The Bertz CT molecular complexity index is 226. The van der Waals surface area contributed by atoms with Gasteiger partial charge in [0.05, 0.1) is 0 Å². The van der Waals surface area contributed by atoms with E-state index >= 15 is 0 Å². The average Bonchev–Trinajstić information content (AvgIpc) is 1.20. The molecule has 0 N–H and O–H groups in total. The molecular weight excluding hydrogens is 192 g/mol. The van der Waals surface area contributed by atoms with E-state index < -0.39 is 34.6 Å². The molecule has 1 fully saturated rings. The molecule has 0 radical (unpaired) electrons. The topological polar surface area (TPSA) is 86.7 Å². The van der Waals surface area contributed by atoms with Crippen molar-refractivity contribution >= 4 is 0 Å². The van der Waals surface area contributed by atoms with E-state index in [-0.39, 0.29) is 0 Å². The van der Waals surface area contributed by atoms with Crippen molar-refractivity contribution in [3.8, 4) is 0 Å². The van der Waals surface area contributed by atoms with E-state index in [1.54, 1.807) is 0 Å². The molecule has 0 bridgehead atoms. The Morgan fingerprint density at radius 2 is 1.00 bits per heavy atom. The standard InChI is InChI=1S/6O.2Ti. The zero-order valence-electron chi connectivity index (χ0n) is 3.45. The van der Waals surface area contributed by atoms with Gasteiger partial charge in [0.1, 0.15) is 0 Å². The fourth-order valence-electron chi connectivity index (χ4n) is 0.314. The molecule has 6 nitrogen and oxygen atoms in total. The first-order valence-corrected chi connectivity index (χ1v) is 6.73. The number of rotatable bonds is 0. The fourth-order valence-corrected chi connectivity index (χ4v) is 5.34. The van der Waals surface area contributed by atoms with Gasteiger partial charge in [-0.25, -0.2) is 0 Å². The third kappa shape index (κ3) is 1.28. The van der Waals surface area contributed by atoms with E-state index in [0.717, 1.165) is 0 Å². The molecule has 0 spiro atoms. The minimum absolute atomic E-state index is 3.44. The van der Waals surface area contributed by atoms with Gasteiger partial charge in [-0.2, -0.15) is 0 Å². The van der Waals surface area contributed by atoms with Crippen LogP contribution in [0.5, 0.6) is 0 Å². The van der Waals surface area contributed by atoms with Crippen molar-refractivity contribution in [1.29, 1.82) is 0 Å². The third-order valence-electron chi connectivity index (χ3n) is 0.500. The Hall–Kier alpha value is 0.549. The third-order valence-corrected chi connectivity index (χ3v) is 8.50. The molecule has 44 valence electrons. The van der Waals surface area contributed by atoms with Crippen LogP contribution >= 0.6 is 0 Å². The minimum atomic E-state index is -5.06. The molecule has 1 heterocycles. The zero-order valence-corrected chi connectivity index (χ0v) is 6.57. The molecule has 8 heteroatoms. The van der Waals surface area contributed by atoms with Crippen LogP contribution < -0.4 is 0 Å². The van der Waals surface area contributed by atoms with Crippen LogP contribution in [0.4, 0.5) is 0 Å². The summed E-state index contributed by atoms with van der Waals surface area (Å²) >= 11 is -10.1. The van der Waals surface area contributed by atoms with Crippen molar-refractivity contribution in [2.45, 2.75) is 0 Å². The predicted molar refractivity (Wildman–Crippen MR) is 4.92 cm³/mol. The van der Waals surface area contributed by atoms with Gasteiger partial charge in [0.15, 0.2) is 0 Å². The Labute approximate surface area is 51.7 Å². The molecule has 0 saturated carbocycles. The summed E-state index contributed by atoms with van der Waals surface area (Å²) in [5.41, 5.74) is 0. The van der Waals surface area contributed by atoms with Gasteiger partial charge >= 0.3 is 51.7 Å². The zero-order chi connectivity index (χ0) is 6.41. The Kier molecular flexibility index (Phi) is 1.27. The van der Waals surface area contributed by atoms with E-state index in [1.165, 1.54) is 0 Å². The van der Waals surface area contributed by atoms with Gasteiger partial charge in [-0.15, -0.1) is 0 Å². The van der Waals surface area contributed by atoms with Gasteiger partial charge < -0.3 is 0 Å². The molecular formula is O6Ti2. The van der Waals surface area contributed by atoms with Crippen molar-refractivity contribution in [2.75, 3.05) is 0 Å². The molecule has 0 atom stereocenters. The van der Waals surface area contributed by atoms with Gasteiger partial charge in [-0.1, -0.05) is 0 Å². The molecule has 0 amide bonds. The fraction of sp³-hybridized carbons (Fsp3) is 0. The van der Waals surface area contributed by atoms with Crippen molar-refractivity contribution in [3.05, 3.63) is 0 Å². The second kappa shape index (κ2) is 1.53. The van der Waals surface area contributed by atoms with Crippen LogP contribution in [0.25, 0.3) is 0 Å². The first kappa shape index (κ1) is 6.67. The van der Waals surface area contributed by atoms with E-state index in [9.17, 15) is 13.3 Å². The van der Waals surface area contributed by atoms with E-state index in [2.05, 4.69) is 3.80 Å². The Morgan fingerprint density at radius 3 is 1.00 bits per heavy atom. The van der Waals surface area contributed by atoms with E-state index in [4.69, 9.17) is 0 Å². The second-order valence-corrected chi connectivity index (χ2v) is 7.59. The predicted octanol–water partition coefficient (Wildman–Crippen LogP) is -0.617. The second-order valence-electron chi connectivity index (χ2n) is 1.20. The number of hydrogen-bond donors (Lipinski definition) is 0. The van der Waals surface area contributed by atoms with Crippen LogP contribution in [-0.2, 0) is 51.7 Å². The van der Waals surface area contributed by atoms with Gasteiger partial charge in [-0.3, -0.25) is 0 Å². The number of hydrogen-bond acceptors (Lipinski definition) is 6. The van der Waals surface area contributed by atoms with Crippen molar-refractivity contribution < 1.29 is 51.7 Å². The Balaban J connectivity index is 3.00. The summed E-state index contributed by atoms with van der Waals surface area (Å²) in [4.78, 5) is 0. The summed E-state index contributed by atoms with van der Waals surface area (Å²) in [6.07, 6.45) is 0. The monoisotopic (exact) mass is 192 g/mol. The summed E-state index contributed by atoms with van der Waals surface area (Å²) in [6, 6.07) is 0. The molecule has 0 aromatic heterocycles. The van der Waals surface area contributed by atoms with Crippen LogP contribution in [-0.4, -0.2) is 0 Å². The van der Waals surface area contributed by atoms with Gasteiger partial charge in [0.2, 0.25) is 0 Å². The van der Waals surface area contributed by atoms with Gasteiger partial charge in [0, 0.05) is 0 Å². The molecule has 0 aromatic rings. The van der Waals surface area contributed by atoms with Crippen LogP contribution in [0, 0.1) is 0 Å². The maximum atomic E-state index is 9.81. The first-order chi connectivity index (χ1) is 3.41. The van der Waals surface area contributed by atoms with Crippen molar-refractivity contribution in [2.24, 2.45) is 0 Å². The van der Waals surface area contributed by atoms with Gasteiger partial charge in [-0.05, 0) is 0 Å². The van der Waals surface area contributed by atoms with Crippen molar-refractivity contribution in [3.63, 3.8) is 0 Å². The molecule has 0 aliphatic carbocycles. The molecule has 0 unspecified atom stereocenters. The Morgan fingerprint density at radius 1 is 0.750 bits per heavy atom. The molecule has 1 aliphatic heterocycles. The van der Waals surface area contributed by atoms with Crippen LogP contribution in [0.2, 0.25) is 0 Å². The van der Waals surface area contributed by atoms with Gasteiger partial charge in [0.25, 0.3) is 0 Å². The quantitative estimate of drug-likeness (QED) is 0.475. The van der Waals surface area contributed by atoms with E-state index in [1.807, 2.05) is 0 Å². The van der Waals surface area contributed by atoms with Crippen molar-refractivity contribution in [1.82, 2.24) is 0 Å². The summed E-state index contributed by atoms with van der Waals surface area (Å²) in [5, 5.41) is 0. The molecule has 0 aromatic carbocycles. The SMILES string of the molecule is [O]=[Ti]1(=[O])[O][Ti](=[O])(=[O])[O]1. The summed E-state index contributed by atoms with van der Waals surface area (Å²) in [5.74, 6) is 0. The molecule has 1 aliphatic rings. The maximum absolute atomic E-state index is 9.81. The van der Waals surface area contributed by atoms with Crippen LogP contribution in [0.15, 0.2) is 0 Å². The average molecular weight is 192 g/mol. The van der Waals surface area contributed by atoms with E-state index in [0.29, 0.717) is 0 Å². The molecule has 1 saturated heterocycles. The normalized spacial score (nSPS) is 23.0. The molecule has 1 rings (SSSR count). The van der Waals surface area contributed by atoms with Crippen LogP contribution in [0.1, 0.15) is 0 Å².